The standard InChI is InChI=1S/C15H20N2O5/c1-17(14(19)10-22-2)9-13(18)16-12-5-3-4-11(8-12)6-7-15(20)21/h3-5,8H,6-7,9-10H2,1-2H3,(H,16,18)(H,20,21). The molecule has 1 rings (SSSR count). The molecule has 0 aliphatic carbocycles. The van der Waals surface area contributed by atoms with E-state index in [1.54, 1.807) is 24.3 Å². The van der Waals surface area contributed by atoms with Crippen LogP contribution in [0.1, 0.15) is 12.0 Å². The van der Waals surface area contributed by atoms with Crippen LogP contribution in [0.15, 0.2) is 24.3 Å². The molecule has 1 aromatic rings. The summed E-state index contributed by atoms with van der Waals surface area (Å²) in [5, 5.41) is 11.3. The Kier molecular flexibility index (Phi) is 7.04. The minimum atomic E-state index is -0.868. The van der Waals surface area contributed by atoms with Crippen molar-refractivity contribution in [2.75, 3.05) is 32.6 Å². The van der Waals surface area contributed by atoms with Gasteiger partial charge in [0.25, 0.3) is 0 Å². The first kappa shape index (κ1) is 17.6. The number of hydrogen-bond donors (Lipinski definition) is 2. The number of anilines is 1. The molecule has 0 saturated carbocycles. The van der Waals surface area contributed by atoms with Gasteiger partial charge in [0.05, 0.1) is 6.54 Å². The lowest BCUT2D eigenvalue weighted by Gasteiger charge is -2.16. The van der Waals surface area contributed by atoms with Crippen LogP contribution >= 0.6 is 0 Å². The maximum Gasteiger partial charge on any atom is 0.303 e. The number of aryl methyl sites for hydroxylation is 1. The van der Waals surface area contributed by atoms with Gasteiger partial charge in [-0.3, -0.25) is 14.4 Å². The predicted molar refractivity (Wildman–Crippen MR) is 80.5 cm³/mol. The van der Waals surface area contributed by atoms with E-state index in [2.05, 4.69) is 5.32 Å². The van der Waals surface area contributed by atoms with Crippen molar-refractivity contribution in [3.63, 3.8) is 0 Å². The first-order valence-corrected chi connectivity index (χ1v) is 6.76. The Morgan fingerprint density at radius 1 is 1.32 bits per heavy atom. The van der Waals surface area contributed by atoms with Crippen molar-refractivity contribution >= 4 is 23.5 Å². The zero-order chi connectivity index (χ0) is 16.5. The third kappa shape index (κ3) is 6.36. The molecule has 0 unspecified atom stereocenters. The molecule has 0 radical (unpaired) electrons. The van der Waals surface area contributed by atoms with Gasteiger partial charge in [-0.15, -0.1) is 0 Å². The quantitative estimate of drug-likeness (QED) is 0.738. The molecule has 0 spiro atoms. The first-order chi connectivity index (χ1) is 10.4. The Morgan fingerprint density at radius 3 is 2.68 bits per heavy atom. The number of ether oxygens (including phenoxy) is 1. The molecule has 2 N–H and O–H groups in total. The van der Waals surface area contributed by atoms with Gasteiger partial charge in [-0.25, -0.2) is 0 Å². The minimum absolute atomic E-state index is 0.0334. The Balaban J connectivity index is 2.55. The van der Waals surface area contributed by atoms with E-state index in [1.165, 1.54) is 19.1 Å². The van der Waals surface area contributed by atoms with E-state index in [0.717, 1.165) is 5.56 Å². The van der Waals surface area contributed by atoms with E-state index >= 15 is 0 Å². The topological polar surface area (TPSA) is 95.9 Å². The number of carbonyl (C=O) groups excluding carboxylic acids is 2. The van der Waals surface area contributed by atoms with Crippen molar-refractivity contribution in [3.05, 3.63) is 29.8 Å². The summed E-state index contributed by atoms with van der Waals surface area (Å²) >= 11 is 0. The normalized spacial score (nSPS) is 10.1. The molecule has 22 heavy (non-hydrogen) atoms. The van der Waals surface area contributed by atoms with Gasteiger partial charge in [0, 0.05) is 26.3 Å². The summed E-state index contributed by atoms with van der Waals surface area (Å²) in [4.78, 5) is 35.2. The average molecular weight is 308 g/mol. The van der Waals surface area contributed by atoms with E-state index in [4.69, 9.17) is 9.84 Å². The number of benzene rings is 1. The lowest BCUT2D eigenvalue weighted by molar-refractivity contribution is -0.137. The maximum absolute atomic E-state index is 11.9. The van der Waals surface area contributed by atoms with Crippen molar-refractivity contribution in [1.82, 2.24) is 4.90 Å². The SMILES string of the molecule is COCC(=O)N(C)CC(=O)Nc1cccc(CCC(=O)O)c1. The number of amides is 2. The molecule has 7 nitrogen and oxygen atoms in total. The van der Waals surface area contributed by atoms with Crippen molar-refractivity contribution in [2.45, 2.75) is 12.8 Å². The van der Waals surface area contributed by atoms with E-state index in [1.807, 2.05) is 0 Å². The van der Waals surface area contributed by atoms with Crippen LogP contribution in [0.3, 0.4) is 0 Å². The second kappa shape index (κ2) is 8.78. The van der Waals surface area contributed by atoms with E-state index in [9.17, 15) is 14.4 Å². The predicted octanol–water partition coefficient (Wildman–Crippen LogP) is 0.747. The molecule has 0 bridgehead atoms. The Bertz CT molecular complexity index is 544. The van der Waals surface area contributed by atoms with Gasteiger partial charge in [-0.1, -0.05) is 12.1 Å². The fraction of sp³-hybridized carbons (Fsp3) is 0.400. The van der Waals surface area contributed by atoms with E-state index < -0.39 is 5.97 Å². The molecule has 7 heteroatoms. The van der Waals surface area contributed by atoms with Crippen LogP contribution in [-0.4, -0.2) is 55.1 Å². The Labute approximate surface area is 128 Å². The molecule has 2 amide bonds. The number of hydrogen-bond acceptors (Lipinski definition) is 4. The van der Waals surface area contributed by atoms with Crippen LogP contribution in [0, 0.1) is 0 Å². The van der Waals surface area contributed by atoms with Crippen LogP contribution < -0.4 is 5.32 Å². The summed E-state index contributed by atoms with van der Waals surface area (Å²) in [5.41, 5.74) is 1.39. The van der Waals surface area contributed by atoms with Crippen LogP contribution in [0.5, 0.6) is 0 Å². The summed E-state index contributed by atoms with van der Waals surface area (Å²) in [7, 11) is 2.93. The van der Waals surface area contributed by atoms with E-state index in [0.29, 0.717) is 12.1 Å². The first-order valence-electron chi connectivity index (χ1n) is 6.76. The van der Waals surface area contributed by atoms with Gasteiger partial charge in [0.1, 0.15) is 6.61 Å². The zero-order valence-electron chi connectivity index (χ0n) is 12.7. The average Bonchev–Trinajstić information content (AvgIpc) is 2.45. The lowest BCUT2D eigenvalue weighted by Crippen LogP contribution is -2.36. The molecule has 120 valence electrons. The molecule has 0 atom stereocenters. The number of aliphatic carboxylic acids is 1. The van der Waals surface area contributed by atoms with Crippen LogP contribution in [0.2, 0.25) is 0 Å². The number of likely N-dealkylation sites (N-methyl/N-ethyl adjacent to an activating group) is 1. The van der Waals surface area contributed by atoms with Gasteiger partial charge in [0.2, 0.25) is 11.8 Å². The molecule has 0 aromatic heterocycles. The molecular formula is C15H20N2O5. The molecular weight excluding hydrogens is 288 g/mol. The maximum atomic E-state index is 11.9. The number of nitrogens with one attached hydrogen (secondary N) is 1. The van der Waals surface area contributed by atoms with Crippen LogP contribution in [-0.2, 0) is 25.5 Å². The second-order valence-corrected chi connectivity index (χ2v) is 4.83. The van der Waals surface area contributed by atoms with Gasteiger partial charge in [-0.05, 0) is 24.1 Å². The number of carboxylic acids is 1. The van der Waals surface area contributed by atoms with Gasteiger partial charge in [-0.2, -0.15) is 0 Å². The monoisotopic (exact) mass is 308 g/mol. The number of methoxy groups -OCH3 is 1. The second-order valence-electron chi connectivity index (χ2n) is 4.83. The lowest BCUT2D eigenvalue weighted by atomic mass is 10.1. The fourth-order valence-corrected chi connectivity index (χ4v) is 1.79. The van der Waals surface area contributed by atoms with Crippen LogP contribution in [0.25, 0.3) is 0 Å². The highest BCUT2D eigenvalue weighted by atomic mass is 16.5. The molecule has 0 fully saturated rings. The molecule has 0 aliphatic rings. The Hall–Kier alpha value is -2.41. The summed E-state index contributed by atoms with van der Waals surface area (Å²) in [5.74, 6) is -1.48. The van der Waals surface area contributed by atoms with Crippen LogP contribution in [0.4, 0.5) is 5.69 Å². The summed E-state index contributed by atoms with van der Waals surface area (Å²) in [6, 6.07) is 6.97. The molecule has 0 heterocycles. The third-order valence-electron chi connectivity index (χ3n) is 2.91. The number of carboxylic acid groups (broad SMARTS) is 1. The molecule has 0 saturated heterocycles. The number of nitrogens with zero attached hydrogens (tertiary/aromatic N) is 1. The van der Waals surface area contributed by atoms with Crippen molar-refractivity contribution in [2.24, 2.45) is 0 Å². The highest BCUT2D eigenvalue weighted by Crippen LogP contribution is 2.12. The molecule has 1 aromatic carbocycles. The smallest absolute Gasteiger partial charge is 0.303 e. The van der Waals surface area contributed by atoms with Crippen molar-refractivity contribution < 1.29 is 24.2 Å². The zero-order valence-corrected chi connectivity index (χ0v) is 12.7. The van der Waals surface area contributed by atoms with E-state index in [-0.39, 0.29) is 31.4 Å². The highest BCUT2D eigenvalue weighted by molar-refractivity contribution is 5.94. The third-order valence-corrected chi connectivity index (χ3v) is 2.91. The van der Waals surface area contributed by atoms with Gasteiger partial charge in [0.15, 0.2) is 0 Å². The number of carbonyl (C=O) groups is 3. The summed E-state index contributed by atoms with van der Waals surface area (Å²) in [6.45, 7) is -0.157. The summed E-state index contributed by atoms with van der Waals surface area (Å²) in [6.07, 6.45) is 0.428. The molecule has 0 aliphatic heterocycles. The van der Waals surface area contributed by atoms with Gasteiger partial charge < -0.3 is 20.1 Å². The largest absolute Gasteiger partial charge is 0.481 e. The minimum Gasteiger partial charge on any atom is -0.481 e. The number of rotatable bonds is 8. The highest BCUT2D eigenvalue weighted by Gasteiger charge is 2.12. The Morgan fingerprint density at radius 2 is 2.05 bits per heavy atom. The van der Waals surface area contributed by atoms with Crippen molar-refractivity contribution in [3.8, 4) is 0 Å². The van der Waals surface area contributed by atoms with Gasteiger partial charge >= 0.3 is 5.97 Å². The summed E-state index contributed by atoms with van der Waals surface area (Å²) < 4.78 is 4.72. The van der Waals surface area contributed by atoms with Crippen molar-refractivity contribution in [1.29, 1.82) is 0 Å². The fourth-order valence-electron chi connectivity index (χ4n) is 1.79.